The van der Waals surface area contributed by atoms with Crippen molar-refractivity contribution in [3.63, 3.8) is 0 Å². The third-order valence-corrected chi connectivity index (χ3v) is 5.56. The molecular formula is C19H25N3O3. The van der Waals surface area contributed by atoms with Crippen molar-refractivity contribution in [1.29, 1.82) is 0 Å². The molecule has 1 amide bonds. The van der Waals surface area contributed by atoms with Crippen LogP contribution in [0.15, 0.2) is 27.2 Å². The summed E-state index contributed by atoms with van der Waals surface area (Å²) >= 11 is 0. The van der Waals surface area contributed by atoms with Crippen LogP contribution in [0.3, 0.4) is 0 Å². The number of amides is 1. The van der Waals surface area contributed by atoms with Gasteiger partial charge in [0.25, 0.3) is 5.89 Å². The largest absolute Gasteiger partial charge is 0.459 e. The first-order valence-electron chi connectivity index (χ1n) is 9.44. The summed E-state index contributed by atoms with van der Waals surface area (Å²) in [4.78, 5) is 14.6. The molecule has 2 aromatic rings. The minimum atomic E-state index is 0.231. The van der Waals surface area contributed by atoms with Gasteiger partial charge in [-0.15, -0.1) is 10.2 Å². The fourth-order valence-corrected chi connectivity index (χ4v) is 4.04. The minimum absolute atomic E-state index is 0.231. The Kier molecular flexibility index (Phi) is 4.85. The zero-order chi connectivity index (χ0) is 17.1. The number of rotatable bonds is 4. The van der Waals surface area contributed by atoms with Crippen molar-refractivity contribution < 1.29 is 13.6 Å². The van der Waals surface area contributed by atoms with E-state index in [2.05, 4.69) is 10.2 Å². The molecule has 3 heterocycles. The van der Waals surface area contributed by atoms with Crippen LogP contribution < -0.4 is 0 Å². The van der Waals surface area contributed by atoms with Gasteiger partial charge in [0, 0.05) is 25.4 Å². The molecule has 134 valence electrons. The Morgan fingerprint density at radius 3 is 2.64 bits per heavy atom. The molecule has 0 aromatic carbocycles. The summed E-state index contributed by atoms with van der Waals surface area (Å²) in [5, 5.41) is 8.25. The van der Waals surface area contributed by atoms with Crippen LogP contribution in [-0.4, -0.2) is 34.1 Å². The molecule has 1 aliphatic carbocycles. The van der Waals surface area contributed by atoms with Crippen LogP contribution in [0.2, 0.25) is 0 Å². The average Bonchev–Trinajstić information content (AvgIpc) is 3.34. The van der Waals surface area contributed by atoms with E-state index in [4.69, 9.17) is 8.83 Å². The zero-order valence-corrected chi connectivity index (χ0v) is 14.5. The first kappa shape index (κ1) is 16.4. The number of nitrogens with zero attached hydrogens (tertiary/aromatic N) is 3. The summed E-state index contributed by atoms with van der Waals surface area (Å²) in [6.07, 6.45) is 10.4. The van der Waals surface area contributed by atoms with Gasteiger partial charge in [0.1, 0.15) is 0 Å². The molecule has 6 nitrogen and oxygen atoms in total. The van der Waals surface area contributed by atoms with Crippen LogP contribution in [0.1, 0.15) is 63.2 Å². The van der Waals surface area contributed by atoms with Crippen molar-refractivity contribution in [2.24, 2.45) is 5.92 Å². The Morgan fingerprint density at radius 2 is 1.92 bits per heavy atom. The lowest BCUT2D eigenvalue weighted by molar-refractivity contribution is -0.133. The molecule has 2 aliphatic rings. The lowest BCUT2D eigenvalue weighted by Crippen LogP contribution is -2.38. The third-order valence-electron chi connectivity index (χ3n) is 5.56. The third kappa shape index (κ3) is 3.78. The molecule has 0 radical (unpaired) electrons. The van der Waals surface area contributed by atoms with Crippen molar-refractivity contribution in [3.05, 3.63) is 24.3 Å². The highest BCUT2D eigenvalue weighted by atomic mass is 16.4. The van der Waals surface area contributed by atoms with Crippen LogP contribution in [0.25, 0.3) is 11.7 Å². The highest BCUT2D eigenvalue weighted by Gasteiger charge is 2.29. The summed E-state index contributed by atoms with van der Waals surface area (Å²) < 4.78 is 11.1. The number of hydrogen-bond donors (Lipinski definition) is 0. The van der Waals surface area contributed by atoms with Crippen molar-refractivity contribution in [1.82, 2.24) is 15.1 Å². The van der Waals surface area contributed by atoms with Crippen molar-refractivity contribution in [2.75, 3.05) is 13.1 Å². The molecule has 2 aromatic heterocycles. The van der Waals surface area contributed by atoms with Crippen LogP contribution in [-0.2, 0) is 4.79 Å². The van der Waals surface area contributed by atoms with Gasteiger partial charge in [-0.05, 0) is 43.7 Å². The second kappa shape index (κ2) is 7.42. The molecule has 6 heteroatoms. The maximum absolute atomic E-state index is 12.5. The Morgan fingerprint density at radius 1 is 1.12 bits per heavy atom. The van der Waals surface area contributed by atoms with Gasteiger partial charge in [0.2, 0.25) is 11.8 Å². The molecule has 0 N–H and O–H groups in total. The highest BCUT2D eigenvalue weighted by molar-refractivity contribution is 5.76. The van der Waals surface area contributed by atoms with Crippen molar-refractivity contribution in [2.45, 2.75) is 57.3 Å². The van der Waals surface area contributed by atoms with Crippen LogP contribution >= 0.6 is 0 Å². The molecule has 0 atom stereocenters. The van der Waals surface area contributed by atoms with Gasteiger partial charge < -0.3 is 13.7 Å². The molecule has 0 bridgehead atoms. The summed E-state index contributed by atoms with van der Waals surface area (Å²) in [6, 6.07) is 3.61. The Hall–Kier alpha value is -2.11. The van der Waals surface area contributed by atoms with Gasteiger partial charge in [-0.2, -0.15) is 0 Å². The Bertz CT molecular complexity index is 681. The lowest BCUT2D eigenvalue weighted by atomic mass is 9.86. The molecule has 0 spiro atoms. The summed E-state index contributed by atoms with van der Waals surface area (Å²) in [6.45, 7) is 1.57. The topological polar surface area (TPSA) is 72.4 Å². The molecule has 1 saturated carbocycles. The molecule has 4 rings (SSSR count). The lowest BCUT2D eigenvalue weighted by Gasteiger charge is -2.32. The smallest absolute Gasteiger partial charge is 0.283 e. The van der Waals surface area contributed by atoms with Gasteiger partial charge in [0.05, 0.1) is 6.26 Å². The van der Waals surface area contributed by atoms with Crippen LogP contribution in [0, 0.1) is 5.92 Å². The summed E-state index contributed by atoms with van der Waals surface area (Å²) in [5.74, 6) is 2.84. The SMILES string of the molecule is O=C(CC1CCCCC1)N1CCC(c2nnc(-c3ccco3)o2)CC1. The molecule has 2 fully saturated rings. The summed E-state index contributed by atoms with van der Waals surface area (Å²) in [5.41, 5.74) is 0. The van der Waals surface area contributed by atoms with Crippen LogP contribution in [0.4, 0.5) is 0 Å². The first-order chi connectivity index (χ1) is 12.3. The van der Waals surface area contributed by atoms with E-state index in [0.29, 0.717) is 29.4 Å². The quantitative estimate of drug-likeness (QED) is 0.839. The minimum Gasteiger partial charge on any atom is -0.459 e. The number of piperidine rings is 1. The van der Waals surface area contributed by atoms with Gasteiger partial charge in [-0.1, -0.05) is 19.3 Å². The first-order valence-corrected chi connectivity index (χ1v) is 9.44. The second-order valence-corrected chi connectivity index (χ2v) is 7.29. The summed E-state index contributed by atoms with van der Waals surface area (Å²) in [7, 11) is 0. The number of aromatic nitrogens is 2. The number of carbonyl (C=O) groups excluding carboxylic acids is 1. The van der Waals surface area contributed by atoms with Gasteiger partial charge >= 0.3 is 0 Å². The predicted octanol–water partition coefficient (Wildman–Crippen LogP) is 4.01. The average molecular weight is 343 g/mol. The van der Waals surface area contributed by atoms with Crippen molar-refractivity contribution >= 4 is 5.91 Å². The maximum atomic E-state index is 12.5. The van der Waals surface area contributed by atoms with Gasteiger partial charge in [0.15, 0.2) is 5.76 Å². The van der Waals surface area contributed by atoms with E-state index in [1.54, 1.807) is 12.3 Å². The number of hydrogen-bond acceptors (Lipinski definition) is 5. The highest BCUT2D eigenvalue weighted by Crippen LogP contribution is 2.31. The molecule has 1 aliphatic heterocycles. The van der Waals surface area contributed by atoms with E-state index in [1.807, 2.05) is 11.0 Å². The van der Waals surface area contributed by atoms with Crippen LogP contribution in [0.5, 0.6) is 0 Å². The molecular weight excluding hydrogens is 318 g/mol. The molecule has 25 heavy (non-hydrogen) atoms. The second-order valence-electron chi connectivity index (χ2n) is 7.29. The van der Waals surface area contributed by atoms with E-state index in [1.165, 1.54) is 32.1 Å². The monoisotopic (exact) mass is 343 g/mol. The van der Waals surface area contributed by atoms with Gasteiger partial charge in [-0.3, -0.25) is 4.79 Å². The normalized spacial score (nSPS) is 20.1. The van der Waals surface area contributed by atoms with E-state index in [9.17, 15) is 4.79 Å². The Balaban J connectivity index is 1.30. The fourth-order valence-electron chi connectivity index (χ4n) is 4.04. The number of furan rings is 1. The fraction of sp³-hybridized carbons (Fsp3) is 0.632. The molecule has 1 saturated heterocycles. The zero-order valence-electron chi connectivity index (χ0n) is 14.5. The van der Waals surface area contributed by atoms with Crippen molar-refractivity contribution in [3.8, 4) is 11.7 Å². The van der Waals surface area contributed by atoms with E-state index >= 15 is 0 Å². The predicted molar refractivity (Wildman–Crippen MR) is 91.7 cm³/mol. The number of likely N-dealkylation sites (tertiary alicyclic amines) is 1. The maximum Gasteiger partial charge on any atom is 0.283 e. The molecule has 0 unspecified atom stereocenters. The van der Waals surface area contributed by atoms with E-state index in [-0.39, 0.29) is 5.92 Å². The van der Waals surface area contributed by atoms with Gasteiger partial charge in [-0.25, -0.2) is 0 Å². The van der Waals surface area contributed by atoms with E-state index < -0.39 is 0 Å². The standard InChI is InChI=1S/C19H25N3O3/c23-17(13-14-5-2-1-3-6-14)22-10-8-15(9-11-22)18-20-21-19(25-18)16-7-4-12-24-16/h4,7,12,14-15H,1-3,5-6,8-11,13H2. The van der Waals surface area contributed by atoms with E-state index in [0.717, 1.165) is 32.4 Å². The Labute approximate surface area is 147 Å². The number of carbonyl (C=O) groups is 1.